The summed E-state index contributed by atoms with van der Waals surface area (Å²) in [5.41, 5.74) is 0. The Morgan fingerprint density at radius 3 is 2.77 bits per heavy atom. The lowest BCUT2D eigenvalue weighted by Crippen LogP contribution is -2.40. The molecule has 1 unspecified atom stereocenters. The summed E-state index contributed by atoms with van der Waals surface area (Å²) in [4.78, 5) is 4.59. The predicted octanol–water partition coefficient (Wildman–Crippen LogP) is 0.947. The zero-order chi connectivity index (χ0) is 16.4. The molecule has 2 N–H and O–H groups in total. The van der Waals surface area contributed by atoms with E-state index in [0.29, 0.717) is 11.8 Å². The first-order valence-electron chi connectivity index (χ1n) is 7.47. The Labute approximate surface area is 137 Å². The molecule has 0 saturated heterocycles. The first kappa shape index (κ1) is 18.8. The van der Waals surface area contributed by atoms with E-state index in [4.69, 9.17) is 4.74 Å². The maximum absolute atomic E-state index is 5.06. The van der Waals surface area contributed by atoms with E-state index in [0.717, 1.165) is 43.7 Å². The average Bonchev–Trinajstić information content (AvgIpc) is 2.84. The van der Waals surface area contributed by atoms with Gasteiger partial charge in [0.15, 0.2) is 11.8 Å². The van der Waals surface area contributed by atoms with Gasteiger partial charge in [0.25, 0.3) is 0 Å². The van der Waals surface area contributed by atoms with Crippen molar-refractivity contribution in [3.05, 3.63) is 11.6 Å². The molecule has 1 aromatic rings. The maximum Gasteiger partial charge on any atom is 0.191 e. The number of aliphatic imine (C=N–C) groups is 1. The summed E-state index contributed by atoms with van der Waals surface area (Å²) >= 11 is 1.83. The van der Waals surface area contributed by atoms with Crippen LogP contribution in [0.15, 0.2) is 4.99 Å². The molecule has 0 fully saturated rings. The van der Waals surface area contributed by atoms with Gasteiger partial charge in [-0.3, -0.25) is 0 Å². The van der Waals surface area contributed by atoms with Crippen molar-refractivity contribution in [1.29, 1.82) is 0 Å². The van der Waals surface area contributed by atoms with Crippen molar-refractivity contribution in [3.63, 3.8) is 0 Å². The second-order valence-electron chi connectivity index (χ2n) is 5.09. The molecule has 0 bridgehead atoms. The third-order valence-electron chi connectivity index (χ3n) is 3.34. The molecule has 126 valence electrons. The van der Waals surface area contributed by atoms with Crippen LogP contribution in [-0.2, 0) is 18.3 Å². The van der Waals surface area contributed by atoms with Gasteiger partial charge in [0.2, 0.25) is 0 Å². The van der Waals surface area contributed by atoms with Crippen LogP contribution in [0.5, 0.6) is 0 Å². The predicted molar refractivity (Wildman–Crippen MR) is 92.4 cm³/mol. The van der Waals surface area contributed by atoms with E-state index < -0.39 is 0 Å². The molecule has 1 heterocycles. The molecule has 0 amide bonds. The summed E-state index contributed by atoms with van der Waals surface area (Å²) in [6, 6.07) is 0. The zero-order valence-corrected chi connectivity index (χ0v) is 15.0. The van der Waals surface area contributed by atoms with Gasteiger partial charge in [0.1, 0.15) is 12.4 Å². The van der Waals surface area contributed by atoms with E-state index in [1.807, 2.05) is 30.3 Å². The Morgan fingerprint density at radius 2 is 2.18 bits per heavy atom. The third kappa shape index (κ3) is 6.65. The molecule has 0 aliphatic rings. The summed E-state index contributed by atoms with van der Waals surface area (Å²) < 4.78 is 7.02. The Morgan fingerprint density at radius 1 is 1.41 bits per heavy atom. The van der Waals surface area contributed by atoms with Gasteiger partial charge in [-0.25, -0.2) is 4.99 Å². The molecule has 1 atom stereocenters. The maximum atomic E-state index is 5.06. The van der Waals surface area contributed by atoms with E-state index in [1.165, 1.54) is 0 Å². The number of methoxy groups -OCH3 is 1. The average molecular weight is 328 g/mol. The summed E-state index contributed by atoms with van der Waals surface area (Å²) in [7, 11) is 3.67. The lowest BCUT2D eigenvalue weighted by molar-refractivity contribution is 0.195. The molecular formula is C14H28N6OS. The lowest BCUT2D eigenvalue weighted by atomic mass is 10.4. The first-order chi connectivity index (χ1) is 10.6. The number of hydrogen-bond donors (Lipinski definition) is 2. The van der Waals surface area contributed by atoms with E-state index in [2.05, 4.69) is 39.0 Å². The Kier molecular flexibility index (Phi) is 8.91. The van der Waals surface area contributed by atoms with Crippen LogP contribution >= 0.6 is 11.8 Å². The number of nitrogens with zero attached hydrogens (tertiary/aromatic N) is 4. The fraction of sp³-hybridized carbons (Fsp3) is 0.786. The molecule has 0 aliphatic carbocycles. The SMILES string of the molecule is COCCCNC(=NCc1nnc(C)n1C)NCC(C)SC. The van der Waals surface area contributed by atoms with Gasteiger partial charge in [-0.1, -0.05) is 6.92 Å². The van der Waals surface area contributed by atoms with Crippen LogP contribution in [0.2, 0.25) is 0 Å². The number of ether oxygens (including phenoxy) is 1. The second kappa shape index (κ2) is 10.4. The number of thioether (sulfide) groups is 1. The van der Waals surface area contributed by atoms with Gasteiger partial charge in [-0.05, 0) is 19.6 Å². The van der Waals surface area contributed by atoms with Gasteiger partial charge < -0.3 is 19.9 Å². The Balaban J connectivity index is 2.57. The van der Waals surface area contributed by atoms with Crippen LogP contribution in [-0.4, -0.2) is 59.0 Å². The summed E-state index contributed by atoms with van der Waals surface area (Å²) in [6.07, 6.45) is 3.05. The minimum Gasteiger partial charge on any atom is -0.385 e. The molecule has 0 saturated carbocycles. The van der Waals surface area contributed by atoms with Gasteiger partial charge in [0, 0.05) is 39.1 Å². The van der Waals surface area contributed by atoms with E-state index >= 15 is 0 Å². The Bertz CT molecular complexity index is 462. The molecule has 8 heteroatoms. The summed E-state index contributed by atoms with van der Waals surface area (Å²) in [6.45, 7) is 7.06. The molecule has 22 heavy (non-hydrogen) atoms. The normalized spacial score (nSPS) is 13.2. The number of guanidine groups is 1. The minimum atomic E-state index is 0.505. The van der Waals surface area contributed by atoms with Crippen LogP contribution < -0.4 is 10.6 Å². The van der Waals surface area contributed by atoms with Crippen molar-refractivity contribution in [2.24, 2.45) is 12.0 Å². The van der Waals surface area contributed by atoms with Crippen LogP contribution in [0.3, 0.4) is 0 Å². The first-order valence-corrected chi connectivity index (χ1v) is 8.76. The van der Waals surface area contributed by atoms with Gasteiger partial charge >= 0.3 is 0 Å². The zero-order valence-electron chi connectivity index (χ0n) is 14.2. The highest BCUT2D eigenvalue weighted by atomic mass is 32.2. The van der Waals surface area contributed by atoms with Crippen molar-refractivity contribution in [2.45, 2.75) is 32.1 Å². The quantitative estimate of drug-likeness (QED) is 0.399. The molecular weight excluding hydrogens is 300 g/mol. The number of hydrogen-bond acceptors (Lipinski definition) is 5. The summed E-state index contributed by atoms with van der Waals surface area (Å²) in [5, 5.41) is 15.4. The van der Waals surface area contributed by atoms with Crippen molar-refractivity contribution >= 4 is 17.7 Å². The molecule has 1 aromatic heterocycles. The molecule has 0 aliphatic heterocycles. The highest BCUT2D eigenvalue weighted by Gasteiger charge is 2.06. The fourth-order valence-corrected chi connectivity index (χ4v) is 1.91. The molecule has 1 rings (SSSR count). The number of nitrogens with one attached hydrogen (secondary N) is 2. The number of aryl methyl sites for hydroxylation is 1. The molecule has 7 nitrogen and oxygen atoms in total. The number of rotatable bonds is 9. The van der Waals surface area contributed by atoms with Gasteiger partial charge in [-0.2, -0.15) is 11.8 Å². The third-order valence-corrected chi connectivity index (χ3v) is 4.31. The van der Waals surface area contributed by atoms with Crippen molar-refractivity contribution in [1.82, 2.24) is 25.4 Å². The standard InChI is InChI=1S/C14H28N6OS/c1-11(22-5)9-16-14(15-7-6-8-21-4)17-10-13-19-18-12(2)20(13)3/h11H,6-10H2,1-5H3,(H2,15,16,17). The largest absolute Gasteiger partial charge is 0.385 e. The minimum absolute atomic E-state index is 0.505. The number of aromatic nitrogens is 3. The highest BCUT2D eigenvalue weighted by Crippen LogP contribution is 2.03. The van der Waals surface area contributed by atoms with Gasteiger partial charge in [-0.15, -0.1) is 10.2 Å². The monoisotopic (exact) mass is 328 g/mol. The van der Waals surface area contributed by atoms with Gasteiger partial charge in [0.05, 0.1) is 0 Å². The van der Waals surface area contributed by atoms with E-state index in [9.17, 15) is 0 Å². The molecule has 0 spiro atoms. The van der Waals surface area contributed by atoms with E-state index in [1.54, 1.807) is 7.11 Å². The van der Waals surface area contributed by atoms with Crippen molar-refractivity contribution in [3.8, 4) is 0 Å². The topological polar surface area (TPSA) is 76.4 Å². The smallest absolute Gasteiger partial charge is 0.191 e. The van der Waals surface area contributed by atoms with Crippen LogP contribution in [0.4, 0.5) is 0 Å². The van der Waals surface area contributed by atoms with Crippen molar-refractivity contribution < 1.29 is 4.74 Å². The summed E-state index contributed by atoms with van der Waals surface area (Å²) in [5.74, 6) is 2.55. The lowest BCUT2D eigenvalue weighted by Gasteiger charge is -2.15. The van der Waals surface area contributed by atoms with Crippen molar-refractivity contribution in [2.75, 3.05) is 33.1 Å². The second-order valence-corrected chi connectivity index (χ2v) is 6.36. The van der Waals surface area contributed by atoms with E-state index in [-0.39, 0.29) is 0 Å². The molecule has 0 radical (unpaired) electrons. The molecule has 0 aromatic carbocycles. The van der Waals surface area contributed by atoms with Crippen LogP contribution in [0.25, 0.3) is 0 Å². The van der Waals surface area contributed by atoms with Crippen LogP contribution in [0, 0.1) is 6.92 Å². The highest BCUT2D eigenvalue weighted by molar-refractivity contribution is 7.99. The fourth-order valence-electron chi connectivity index (χ4n) is 1.66. The Hall–Kier alpha value is -1.28. The van der Waals surface area contributed by atoms with Crippen LogP contribution in [0.1, 0.15) is 25.0 Å².